The number of aliphatic hydroxyl groups is 1. The van der Waals surface area contributed by atoms with Crippen LogP contribution in [0.15, 0.2) is 30.3 Å². The molecule has 0 aromatic heterocycles. The van der Waals surface area contributed by atoms with Gasteiger partial charge in [-0.25, -0.2) is 0 Å². The Hall–Kier alpha value is -2.86. The Bertz CT molecular complexity index is 1010. The van der Waals surface area contributed by atoms with E-state index in [1.165, 1.54) is 0 Å². The summed E-state index contributed by atoms with van der Waals surface area (Å²) >= 11 is 0. The van der Waals surface area contributed by atoms with Crippen LogP contribution in [0.1, 0.15) is 32.6 Å². The van der Waals surface area contributed by atoms with E-state index in [0.29, 0.717) is 28.2 Å². The van der Waals surface area contributed by atoms with Crippen LogP contribution in [0.2, 0.25) is 0 Å². The smallest absolute Gasteiger partial charge is 0.313 e. The van der Waals surface area contributed by atoms with E-state index in [4.69, 9.17) is 14.2 Å². The van der Waals surface area contributed by atoms with Gasteiger partial charge >= 0.3 is 5.97 Å². The monoisotopic (exact) mass is 366 g/mol. The van der Waals surface area contributed by atoms with Crippen LogP contribution in [-0.4, -0.2) is 30.3 Å². The second-order valence-corrected chi connectivity index (χ2v) is 7.39. The number of carbonyl (C=O) groups excluding carboxylic acids is 2. The Balaban J connectivity index is 1.80. The van der Waals surface area contributed by atoms with Gasteiger partial charge in [-0.15, -0.1) is 0 Å². The van der Waals surface area contributed by atoms with Gasteiger partial charge in [0.1, 0.15) is 18.1 Å². The predicted molar refractivity (Wildman–Crippen MR) is 93.7 cm³/mol. The van der Waals surface area contributed by atoms with Gasteiger partial charge in [0.25, 0.3) is 0 Å². The van der Waals surface area contributed by atoms with Crippen molar-refractivity contribution in [1.82, 2.24) is 0 Å². The lowest BCUT2D eigenvalue weighted by Crippen LogP contribution is -2.49. The van der Waals surface area contributed by atoms with Crippen LogP contribution >= 0.6 is 0 Å². The van der Waals surface area contributed by atoms with Crippen LogP contribution in [0.5, 0.6) is 11.5 Å². The summed E-state index contributed by atoms with van der Waals surface area (Å²) in [5.74, 6) is -1.32. The Labute approximate surface area is 155 Å². The molecule has 0 unspecified atom stereocenters. The number of ketones is 1. The van der Waals surface area contributed by atoms with Crippen molar-refractivity contribution < 1.29 is 28.9 Å². The molecule has 138 valence electrons. The van der Waals surface area contributed by atoms with Gasteiger partial charge in [-0.05, 0) is 54.3 Å². The standard InChI is InChI=1S/C21H18O6/c1-10-5-13-15(6-11(10)2)21(24,18-14(19(13)22)8-25-20(18)23)12-3-4-16-17(7-12)27-9-26-16/h3-7,14,18,24H,8-9H2,1-2H3/t14-,18-,21+/m1/s1. The number of benzene rings is 2. The normalized spacial score (nSPS) is 28.0. The summed E-state index contributed by atoms with van der Waals surface area (Å²) in [6.45, 7) is 3.93. The zero-order valence-corrected chi connectivity index (χ0v) is 14.9. The maximum Gasteiger partial charge on any atom is 0.313 e. The summed E-state index contributed by atoms with van der Waals surface area (Å²) in [5.41, 5.74) is 1.58. The van der Waals surface area contributed by atoms with E-state index in [2.05, 4.69) is 0 Å². The molecule has 1 N–H and O–H groups in total. The molecule has 2 aromatic carbocycles. The maximum atomic E-state index is 13.0. The van der Waals surface area contributed by atoms with Crippen molar-refractivity contribution in [2.75, 3.05) is 13.4 Å². The molecule has 0 amide bonds. The van der Waals surface area contributed by atoms with Gasteiger partial charge in [-0.3, -0.25) is 9.59 Å². The quantitative estimate of drug-likeness (QED) is 0.780. The van der Waals surface area contributed by atoms with Crippen molar-refractivity contribution in [1.29, 1.82) is 0 Å². The van der Waals surface area contributed by atoms with Gasteiger partial charge in [-0.1, -0.05) is 12.1 Å². The summed E-state index contributed by atoms with van der Waals surface area (Å²) in [5, 5.41) is 12.0. The number of hydrogen-bond acceptors (Lipinski definition) is 6. The summed E-state index contributed by atoms with van der Waals surface area (Å²) in [7, 11) is 0. The molecule has 1 aliphatic carbocycles. The topological polar surface area (TPSA) is 82.1 Å². The average molecular weight is 366 g/mol. The molecular weight excluding hydrogens is 348 g/mol. The zero-order valence-electron chi connectivity index (χ0n) is 14.9. The molecule has 27 heavy (non-hydrogen) atoms. The number of rotatable bonds is 1. The molecule has 6 nitrogen and oxygen atoms in total. The van der Waals surface area contributed by atoms with E-state index in [1.807, 2.05) is 13.8 Å². The van der Waals surface area contributed by atoms with Crippen LogP contribution in [0.3, 0.4) is 0 Å². The molecule has 1 fully saturated rings. The number of aryl methyl sites for hydroxylation is 2. The van der Waals surface area contributed by atoms with Gasteiger partial charge < -0.3 is 19.3 Å². The van der Waals surface area contributed by atoms with Crippen molar-refractivity contribution in [2.24, 2.45) is 11.8 Å². The highest BCUT2D eigenvalue weighted by Gasteiger charge is 2.60. The number of cyclic esters (lactones) is 1. The number of ether oxygens (including phenoxy) is 3. The molecule has 5 rings (SSSR count). The van der Waals surface area contributed by atoms with E-state index in [1.54, 1.807) is 30.3 Å². The summed E-state index contributed by atoms with van der Waals surface area (Å²) in [6.07, 6.45) is 0. The van der Waals surface area contributed by atoms with E-state index in [9.17, 15) is 14.7 Å². The third kappa shape index (κ3) is 2.04. The molecule has 0 saturated carbocycles. The van der Waals surface area contributed by atoms with Crippen LogP contribution in [0.4, 0.5) is 0 Å². The first-order valence-electron chi connectivity index (χ1n) is 8.86. The van der Waals surface area contributed by atoms with Crippen LogP contribution < -0.4 is 9.47 Å². The van der Waals surface area contributed by atoms with Crippen LogP contribution in [0.25, 0.3) is 0 Å². The Morgan fingerprint density at radius 3 is 2.56 bits per heavy atom. The first-order chi connectivity index (χ1) is 12.9. The lowest BCUT2D eigenvalue weighted by molar-refractivity contribution is -0.147. The molecule has 2 aliphatic heterocycles. The van der Waals surface area contributed by atoms with Crippen molar-refractivity contribution in [3.05, 3.63) is 58.1 Å². The number of esters is 1. The van der Waals surface area contributed by atoms with Crippen molar-refractivity contribution in [2.45, 2.75) is 19.4 Å². The molecule has 0 spiro atoms. The second kappa shape index (κ2) is 5.33. The first kappa shape index (κ1) is 16.3. The molecule has 6 heteroatoms. The second-order valence-electron chi connectivity index (χ2n) is 7.39. The maximum absolute atomic E-state index is 13.0. The number of Topliss-reactive ketones (excluding diaryl/α,β-unsaturated/α-hetero) is 1. The van der Waals surface area contributed by atoms with E-state index in [-0.39, 0.29) is 19.2 Å². The Morgan fingerprint density at radius 2 is 1.74 bits per heavy atom. The van der Waals surface area contributed by atoms with E-state index in [0.717, 1.165) is 11.1 Å². The zero-order chi connectivity index (χ0) is 18.9. The Morgan fingerprint density at radius 1 is 1.00 bits per heavy atom. The molecule has 2 heterocycles. The highest BCUT2D eigenvalue weighted by atomic mass is 16.7. The number of hydrogen-bond donors (Lipinski definition) is 1. The minimum absolute atomic E-state index is 0.0123. The molecule has 1 saturated heterocycles. The fraction of sp³-hybridized carbons (Fsp3) is 0.333. The summed E-state index contributed by atoms with van der Waals surface area (Å²) in [4.78, 5) is 25.6. The van der Waals surface area contributed by atoms with Crippen molar-refractivity contribution >= 4 is 11.8 Å². The van der Waals surface area contributed by atoms with Gasteiger partial charge in [0, 0.05) is 5.56 Å². The van der Waals surface area contributed by atoms with Gasteiger partial charge in [0.2, 0.25) is 6.79 Å². The van der Waals surface area contributed by atoms with Gasteiger partial charge in [0.05, 0.1) is 5.92 Å². The first-order valence-corrected chi connectivity index (χ1v) is 8.86. The fourth-order valence-electron chi connectivity index (χ4n) is 4.38. The third-order valence-corrected chi connectivity index (χ3v) is 5.97. The van der Waals surface area contributed by atoms with Gasteiger partial charge in [0.15, 0.2) is 17.3 Å². The molecule has 3 atom stereocenters. The molecular formula is C21H18O6. The van der Waals surface area contributed by atoms with Crippen LogP contribution in [-0.2, 0) is 15.1 Å². The molecule has 3 aliphatic rings. The van der Waals surface area contributed by atoms with Gasteiger partial charge in [-0.2, -0.15) is 0 Å². The van der Waals surface area contributed by atoms with Crippen molar-refractivity contribution in [3.63, 3.8) is 0 Å². The Kier molecular flexibility index (Phi) is 3.22. The lowest BCUT2D eigenvalue weighted by atomic mass is 9.63. The summed E-state index contributed by atoms with van der Waals surface area (Å²) < 4.78 is 16.0. The predicted octanol–water partition coefficient (Wildman–Crippen LogP) is 2.25. The molecule has 0 bridgehead atoms. The molecule has 2 aromatic rings. The summed E-state index contributed by atoms with van der Waals surface area (Å²) in [6, 6.07) is 8.70. The third-order valence-electron chi connectivity index (χ3n) is 5.97. The highest BCUT2D eigenvalue weighted by Crippen LogP contribution is 2.51. The molecule has 0 radical (unpaired) electrons. The van der Waals surface area contributed by atoms with Crippen LogP contribution in [0, 0.1) is 25.7 Å². The number of fused-ring (bicyclic) bond motifs is 3. The SMILES string of the molecule is Cc1cc2c(cc1C)[C@@](O)(c1ccc3c(c1)OCO3)[C@H]1C(=O)OC[C@H]1C2=O. The average Bonchev–Trinajstić information content (AvgIpc) is 3.27. The minimum Gasteiger partial charge on any atom is -0.465 e. The van der Waals surface area contributed by atoms with E-state index < -0.39 is 23.4 Å². The lowest BCUT2D eigenvalue weighted by Gasteiger charge is -2.40. The van der Waals surface area contributed by atoms with E-state index >= 15 is 0 Å². The number of carbonyl (C=O) groups is 2. The van der Waals surface area contributed by atoms with Crippen molar-refractivity contribution in [3.8, 4) is 11.5 Å². The highest BCUT2D eigenvalue weighted by molar-refractivity contribution is 6.05. The largest absolute Gasteiger partial charge is 0.465 e. The minimum atomic E-state index is -1.68. The fourth-order valence-corrected chi connectivity index (χ4v) is 4.38.